The van der Waals surface area contributed by atoms with E-state index in [0.717, 1.165) is 11.1 Å². The van der Waals surface area contributed by atoms with Gasteiger partial charge in [-0.2, -0.15) is 0 Å². The Morgan fingerprint density at radius 1 is 0.964 bits per heavy atom. The zero-order valence-corrected chi connectivity index (χ0v) is 16.8. The highest BCUT2D eigenvalue weighted by Gasteiger charge is 2.18. The van der Waals surface area contributed by atoms with Gasteiger partial charge in [-0.05, 0) is 73.9 Å². The molecular formula is C21H22N2O4S. The molecule has 0 spiro atoms. The Hall–Kier alpha value is -2.90. The fourth-order valence-electron chi connectivity index (χ4n) is 2.69. The van der Waals surface area contributed by atoms with Crippen LogP contribution in [0, 0.1) is 20.8 Å². The van der Waals surface area contributed by atoms with Crippen LogP contribution in [0.2, 0.25) is 0 Å². The fraction of sp³-hybridized carbons (Fsp3) is 0.190. The number of carbonyl (C=O) groups excluding carboxylic acids is 1. The van der Waals surface area contributed by atoms with Crippen molar-refractivity contribution in [2.24, 2.45) is 0 Å². The van der Waals surface area contributed by atoms with Crippen LogP contribution in [0.25, 0.3) is 0 Å². The van der Waals surface area contributed by atoms with E-state index in [1.807, 2.05) is 32.0 Å². The van der Waals surface area contributed by atoms with E-state index >= 15 is 0 Å². The molecule has 0 atom stereocenters. The lowest BCUT2D eigenvalue weighted by Gasteiger charge is -2.12. The van der Waals surface area contributed by atoms with Gasteiger partial charge < -0.3 is 9.73 Å². The third kappa shape index (κ3) is 4.49. The molecule has 0 bridgehead atoms. The second-order valence-corrected chi connectivity index (χ2v) is 8.40. The lowest BCUT2D eigenvalue weighted by Crippen LogP contribution is -2.24. The van der Waals surface area contributed by atoms with E-state index in [9.17, 15) is 13.2 Å². The molecule has 0 fully saturated rings. The summed E-state index contributed by atoms with van der Waals surface area (Å²) in [5.74, 6) is 0.146. The van der Waals surface area contributed by atoms with Crippen molar-refractivity contribution < 1.29 is 17.6 Å². The average Bonchev–Trinajstić information content (AvgIpc) is 3.17. The summed E-state index contributed by atoms with van der Waals surface area (Å²) in [4.78, 5) is 12.7. The largest absolute Gasteiger partial charge is 0.468 e. The van der Waals surface area contributed by atoms with E-state index < -0.39 is 10.0 Å². The topological polar surface area (TPSA) is 88.4 Å². The molecule has 146 valence electrons. The zero-order chi connectivity index (χ0) is 20.3. The Bertz CT molecular complexity index is 1100. The highest BCUT2D eigenvalue weighted by atomic mass is 32.2. The maximum atomic E-state index is 12.7. The van der Waals surface area contributed by atoms with Gasteiger partial charge in [0.15, 0.2) is 0 Å². The average molecular weight is 398 g/mol. The Labute approximate surface area is 164 Å². The van der Waals surface area contributed by atoms with Crippen molar-refractivity contribution in [2.45, 2.75) is 32.2 Å². The van der Waals surface area contributed by atoms with Gasteiger partial charge in [-0.15, -0.1) is 0 Å². The normalized spacial score (nSPS) is 11.4. The van der Waals surface area contributed by atoms with E-state index in [-0.39, 0.29) is 17.3 Å². The molecular weight excluding hydrogens is 376 g/mol. The predicted octanol–water partition coefficient (Wildman–Crippen LogP) is 3.94. The van der Waals surface area contributed by atoms with Gasteiger partial charge in [-0.3, -0.25) is 4.79 Å². The third-order valence-corrected chi connectivity index (χ3v) is 5.94. The van der Waals surface area contributed by atoms with E-state index in [1.165, 1.54) is 18.4 Å². The Kier molecular flexibility index (Phi) is 5.67. The molecule has 2 N–H and O–H groups in total. The molecule has 3 rings (SSSR count). The molecule has 2 aromatic carbocycles. The summed E-state index contributed by atoms with van der Waals surface area (Å²) in [7, 11) is -3.78. The SMILES string of the molecule is Cc1ccc(NC(=O)c2cc(S(=O)(=O)NCc3ccco3)ccc2C)cc1C. The summed E-state index contributed by atoms with van der Waals surface area (Å²) in [5, 5.41) is 2.83. The van der Waals surface area contributed by atoms with Crippen LogP contribution in [0.3, 0.4) is 0 Å². The summed E-state index contributed by atoms with van der Waals surface area (Å²) < 4.78 is 32.8. The molecule has 3 aromatic rings. The first kappa shape index (κ1) is 19.9. The van der Waals surface area contributed by atoms with Crippen molar-refractivity contribution >= 4 is 21.6 Å². The number of nitrogens with one attached hydrogen (secondary N) is 2. The molecule has 28 heavy (non-hydrogen) atoms. The molecule has 0 aliphatic carbocycles. The van der Waals surface area contributed by atoms with Crippen LogP contribution in [-0.2, 0) is 16.6 Å². The molecule has 1 aromatic heterocycles. The number of amides is 1. The number of carbonyl (C=O) groups is 1. The van der Waals surface area contributed by atoms with Gasteiger partial charge in [0.2, 0.25) is 10.0 Å². The number of hydrogen-bond donors (Lipinski definition) is 2. The number of sulfonamides is 1. The second-order valence-electron chi connectivity index (χ2n) is 6.63. The summed E-state index contributed by atoms with van der Waals surface area (Å²) in [5.41, 5.74) is 3.85. The van der Waals surface area contributed by atoms with Gasteiger partial charge in [-0.25, -0.2) is 13.1 Å². The van der Waals surface area contributed by atoms with E-state index in [2.05, 4.69) is 10.0 Å². The minimum absolute atomic E-state index is 0.0230. The Morgan fingerprint density at radius 3 is 2.39 bits per heavy atom. The van der Waals surface area contributed by atoms with Gasteiger partial charge in [0.1, 0.15) is 5.76 Å². The number of aryl methyl sites for hydroxylation is 3. The van der Waals surface area contributed by atoms with Crippen LogP contribution in [0.4, 0.5) is 5.69 Å². The number of benzene rings is 2. The summed E-state index contributed by atoms with van der Waals surface area (Å²) in [6.07, 6.45) is 1.48. The highest BCUT2D eigenvalue weighted by molar-refractivity contribution is 7.89. The number of furan rings is 1. The molecule has 1 heterocycles. The molecule has 7 heteroatoms. The lowest BCUT2D eigenvalue weighted by molar-refractivity contribution is 0.102. The minimum atomic E-state index is -3.78. The number of rotatable bonds is 6. The highest BCUT2D eigenvalue weighted by Crippen LogP contribution is 2.19. The van der Waals surface area contributed by atoms with Crippen molar-refractivity contribution in [3.05, 3.63) is 82.8 Å². The molecule has 1 amide bonds. The molecule has 0 radical (unpaired) electrons. The van der Waals surface area contributed by atoms with Crippen LogP contribution >= 0.6 is 0 Å². The molecule has 0 aliphatic rings. The van der Waals surface area contributed by atoms with Crippen molar-refractivity contribution in [1.82, 2.24) is 4.72 Å². The van der Waals surface area contributed by atoms with E-state index in [1.54, 1.807) is 25.1 Å². The molecule has 0 saturated carbocycles. The van der Waals surface area contributed by atoms with E-state index in [0.29, 0.717) is 22.6 Å². The van der Waals surface area contributed by atoms with Crippen LogP contribution in [-0.4, -0.2) is 14.3 Å². The standard InChI is InChI=1S/C21H22N2O4S/c1-14-6-8-17(11-16(14)3)23-21(24)20-12-19(9-7-15(20)2)28(25,26)22-13-18-5-4-10-27-18/h4-12,22H,13H2,1-3H3,(H,23,24). The molecule has 0 saturated heterocycles. The van der Waals surface area contributed by atoms with Crippen molar-refractivity contribution in [2.75, 3.05) is 5.32 Å². The Balaban J connectivity index is 1.81. The first-order chi connectivity index (χ1) is 13.3. The van der Waals surface area contributed by atoms with Gasteiger partial charge in [0.25, 0.3) is 5.91 Å². The van der Waals surface area contributed by atoms with E-state index in [4.69, 9.17) is 4.42 Å². The fourth-order valence-corrected chi connectivity index (χ4v) is 3.71. The maximum Gasteiger partial charge on any atom is 0.255 e. The third-order valence-electron chi connectivity index (χ3n) is 4.55. The maximum absolute atomic E-state index is 12.7. The smallest absolute Gasteiger partial charge is 0.255 e. The quantitative estimate of drug-likeness (QED) is 0.658. The first-order valence-electron chi connectivity index (χ1n) is 8.77. The number of anilines is 1. The predicted molar refractivity (Wildman–Crippen MR) is 108 cm³/mol. The minimum Gasteiger partial charge on any atom is -0.468 e. The molecule has 0 aliphatic heterocycles. The summed E-state index contributed by atoms with van der Waals surface area (Å²) >= 11 is 0. The molecule has 6 nitrogen and oxygen atoms in total. The summed E-state index contributed by atoms with van der Waals surface area (Å²) in [6, 6.07) is 13.5. The van der Waals surface area contributed by atoms with Crippen LogP contribution in [0.1, 0.15) is 32.8 Å². The summed E-state index contributed by atoms with van der Waals surface area (Å²) in [6.45, 7) is 5.76. The van der Waals surface area contributed by atoms with Gasteiger partial charge in [0, 0.05) is 11.3 Å². The van der Waals surface area contributed by atoms with Gasteiger partial charge in [0.05, 0.1) is 17.7 Å². The van der Waals surface area contributed by atoms with Crippen LogP contribution < -0.4 is 10.0 Å². The van der Waals surface area contributed by atoms with Gasteiger partial charge in [-0.1, -0.05) is 12.1 Å². The van der Waals surface area contributed by atoms with Crippen molar-refractivity contribution in [3.8, 4) is 0 Å². The number of hydrogen-bond acceptors (Lipinski definition) is 4. The zero-order valence-electron chi connectivity index (χ0n) is 15.9. The molecule has 0 unspecified atom stereocenters. The first-order valence-corrected chi connectivity index (χ1v) is 10.3. The monoisotopic (exact) mass is 398 g/mol. The van der Waals surface area contributed by atoms with Crippen LogP contribution in [0.15, 0.2) is 64.1 Å². The van der Waals surface area contributed by atoms with Crippen molar-refractivity contribution in [3.63, 3.8) is 0 Å². The second kappa shape index (κ2) is 8.00. The van der Waals surface area contributed by atoms with Crippen LogP contribution in [0.5, 0.6) is 0 Å². The van der Waals surface area contributed by atoms with Crippen molar-refractivity contribution in [1.29, 1.82) is 0 Å². The van der Waals surface area contributed by atoms with Gasteiger partial charge >= 0.3 is 0 Å². The lowest BCUT2D eigenvalue weighted by atomic mass is 10.1. The Morgan fingerprint density at radius 2 is 1.71 bits per heavy atom.